The number of nitrogens with zero attached hydrogens (tertiary/aromatic N) is 3. The average Bonchev–Trinajstić information content (AvgIpc) is 2.90. The van der Waals surface area contributed by atoms with Crippen molar-refractivity contribution in [2.45, 2.75) is 39.0 Å². The molecule has 0 saturated carbocycles. The predicted molar refractivity (Wildman–Crippen MR) is 108 cm³/mol. The second-order valence-corrected chi connectivity index (χ2v) is 8.46. The van der Waals surface area contributed by atoms with E-state index in [-0.39, 0.29) is 22.2 Å². The summed E-state index contributed by atoms with van der Waals surface area (Å²) in [6.07, 6.45) is 0.543. The smallest absolute Gasteiger partial charge is 0.263 e. The standard InChI is InChI=1S/C18H20ClN5O3S/c1-5-15-12(4)20-18(21-17(15)25)24-16(10(2)11(3)22-24)23-28(26,27)14-8-6-13(19)7-9-14/h6-9,23H,5H2,1-4H3,(H,20,21,25). The van der Waals surface area contributed by atoms with Gasteiger partial charge in [-0.3, -0.25) is 14.5 Å². The van der Waals surface area contributed by atoms with Crippen molar-refractivity contribution in [1.82, 2.24) is 19.7 Å². The summed E-state index contributed by atoms with van der Waals surface area (Å²) in [5.41, 5.74) is 2.10. The van der Waals surface area contributed by atoms with Crippen LogP contribution >= 0.6 is 11.6 Å². The van der Waals surface area contributed by atoms with E-state index in [2.05, 4.69) is 19.8 Å². The lowest BCUT2D eigenvalue weighted by molar-refractivity contribution is 0.600. The SMILES string of the molecule is CCc1c(C)nc(-n2nc(C)c(C)c2NS(=O)(=O)c2ccc(Cl)cc2)[nH]c1=O. The van der Waals surface area contributed by atoms with E-state index in [1.165, 1.54) is 28.9 Å². The molecular weight excluding hydrogens is 402 g/mol. The molecular formula is C18H20ClN5O3S. The molecule has 0 radical (unpaired) electrons. The highest BCUT2D eigenvalue weighted by molar-refractivity contribution is 7.92. The van der Waals surface area contributed by atoms with Crippen LogP contribution in [-0.2, 0) is 16.4 Å². The molecule has 2 heterocycles. The summed E-state index contributed by atoms with van der Waals surface area (Å²) in [5.74, 6) is 0.351. The number of halogens is 1. The number of aromatic amines is 1. The van der Waals surface area contributed by atoms with Crippen LogP contribution in [0.1, 0.15) is 29.4 Å². The number of anilines is 1. The minimum Gasteiger partial charge on any atom is -0.291 e. The van der Waals surface area contributed by atoms with Gasteiger partial charge in [-0.05, 0) is 51.5 Å². The van der Waals surface area contributed by atoms with Gasteiger partial charge in [-0.25, -0.2) is 13.4 Å². The lowest BCUT2D eigenvalue weighted by atomic mass is 10.2. The highest BCUT2D eigenvalue weighted by Crippen LogP contribution is 2.25. The zero-order chi connectivity index (χ0) is 20.6. The fourth-order valence-electron chi connectivity index (χ4n) is 2.79. The topological polar surface area (TPSA) is 110 Å². The number of nitrogens with one attached hydrogen (secondary N) is 2. The molecule has 0 fully saturated rings. The number of hydrogen-bond acceptors (Lipinski definition) is 5. The predicted octanol–water partition coefficient (Wildman–Crippen LogP) is 2.90. The first kappa shape index (κ1) is 20.1. The molecule has 2 aromatic heterocycles. The van der Waals surface area contributed by atoms with E-state index in [1.807, 2.05) is 6.92 Å². The maximum Gasteiger partial charge on any atom is 0.263 e. The van der Waals surface area contributed by atoms with Crippen LogP contribution < -0.4 is 10.3 Å². The van der Waals surface area contributed by atoms with E-state index in [9.17, 15) is 13.2 Å². The Kier molecular flexibility index (Phi) is 5.31. The lowest BCUT2D eigenvalue weighted by Crippen LogP contribution is -2.22. The van der Waals surface area contributed by atoms with Crippen LogP contribution in [0.2, 0.25) is 5.02 Å². The molecule has 1 aromatic carbocycles. The van der Waals surface area contributed by atoms with Gasteiger partial charge in [0.2, 0.25) is 5.95 Å². The molecule has 28 heavy (non-hydrogen) atoms. The fraction of sp³-hybridized carbons (Fsp3) is 0.278. The Morgan fingerprint density at radius 1 is 1.14 bits per heavy atom. The van der Waals surface area contributed by atoms with Gasteiger partial charge < -0.3 is 0 Å². The summed E-state index contributed by atoms with van der Waals surface area (Å²) in [4.78, 5) is 19.5. The van der Waals surface area contributed by atoms with Crippen LogP contribution in [0.25, 0.3) is 5.95 Å². The van der Waals surface area contributed by atoms with Crippen LogP contribution in [0.4, 0.5) is 5.82 Å². The molecule has 0 saturated heterocycles. The van der Waals surface area contributed by atoms with Crippen molar-refractivity contribution in [2.24, 2.45) is 0 Å². The second kappa shape index (κ2) is 7.40. The van der Waals surface area contributed by atoms with Gasteiger partial charge >= 0.3 is 0 Å². The van der Waals surface area contributed by atoms with E-state index in [4.69, 9.17) is 11.6 Å². The summed E-state index contributed by atoms with van der Waals surface area (Å²) in [5, 5.41) is 4.78. The number of benzene rings is 1. The summed E-state index contributed by atoms with van der Waals surface area (Å²) < 4.78 is 29.5. The Hall–Kier alpha value is -2.65. The van der Waals surface area contributed by atoms with E-state index in [0.29, 0.717) is 34.0 Å². The van der Waals surface area contributed by atoms with Crippen LogP contribution in [0, 0.1) is 20.8 Å². The monoisotopic (exact) mass is 421 g/mol. The summed E-state index contributed by atoms with van der Waals surface area (Å²) in [6.45, 7) is 7.09. The van der Waals surface area contributed by atoms with Gasteiger partial charge in [0.25, 0.3) is 15.6 Å². The Morgan fingerprint density at radius 3 is 2.36 bits per heavy atom. The van der Waals surface area contributed by atoms with Gasteiger partial charge in [0.15, 0.2) is 0 Å². The molecule has 10 heteroatoms. The third-order valence-electron chi connectivity index (χ3n) is 4.48. The Morgan fingerprint density at radius 2 is 1.79 bits per heavy atom. The quantitative estimate of drug-likeness (QED) is 0.658. The maximum atomic E-state index is 12.8. The van der Waals surface area contributed by atoms with Crippen molar-refractivity contribution in [3.8, 4) is 5.95 Å². The van der Waals surface area contributed by atoms with Crippen LogP contribution in [0.3, 0.4) is 0 Å². The molecule has 0 aliphatic rings. The highest BCUT2D eigenvalue weighted by atomic mass is 35.5. The fourth-order valence-corrected chi connectivity index (χ4v) is 4.02. The molecule has 0 unspecified atom stereocenters. The molecule has 0 aliphatic heterocycles. The maximum absolute atomic E-state index is 12.8. The normalized spacial score (nSPS) is 11.6. The Labute approximate surface area is 167 Å². The van der Waals surface area contributed by atoms with Crippen molar-refractivity contribution in [2.75, 3.05) is 4.72 Å². The molecule has 148 valence electrons. The second-order valence-electron chi connectivity index (χ2n) is 6.34. The Balaban J connectivity index is 2.11. The number of hydrogen-bond donors (Lipinski definition) is 2. The van der Waals surface area contributed by atoms with E-state index in [1.54, 1.807) is 20.8 Å². The summed E-state index contributed by atoms with van der Waals surface area (Å²) in [6, 6.07) is 5.82. The highest BCUT2D eigenvalue weighted by Gasteiger charge is 2.22. The summed E-state index contributed by atoms with van der Waals surface area (Å²) >= 11 is 5.84. The lowest BCUT2D eigenvalue weighted by Gasteiger charge is -2.12. The van der Waals surface area contributed by atoms with Crippen molar-refractivity contribution in [1.29, 1.82) is 0 Å². The molecule has 0 spiro atoms. The van der Waals surface area contributed by atoms with Gasteiger partial charge in [0.05, 0.1) is 10.6 Å². The van der Waals surface area contributed by atoms with Crippen molar-refractivity contribution in [3.05, 3.63) is 62.2 Å². The largest absolute Gasteiger partial charge is 0.291 e. The van der Waals surface area contributed by atoms with Crippen LogP contribution in [-0.4, -0.2) is 28.2 Å². The van der Waals surface area contributed by atoms with Crippen molar-refractivity contribution in [3.63, 3.8) is 0 Å². The molecule has 0 atom stereocenters. The molecule has 0 bridgehead atoms. The zero-order valence-electron chi connectivity index (χ0n) is 15.9. The molecule has 2 N–H and O–H groups in total. The molecule has 0 aliphatic carbocycles. The van der Waals surface area contributed by atoms with E-state index >= 15 is 0 Å². The van der Waals surface area contributed by atoms with Gasteiger partial charge in [0.1, 0.15) is 5.82 Å². The number of rotatable bonds is 5. The minimum atomic E-state index is -3.89. The molecule has 3 rings (SSSR count). The van der Waals surface area contributed by atoms with Gasteiger partial charge in [-0.1, -0.05) is 18.5 Å². The summed E-state index contributed by atoms with van der Waals surface area (Å²) in [7, 11) is -3.89. The first-order valence-electron chi connectivity index (χ1n) is 8.58. The number of H-pyrrole nitrogens is 1. The third-order valence-corrected chi connectivity index (χ3v) is 6.09. The van der Waals surface area contributed by atoms with E-state index in [0.717, 1.165) is 0 Å². The minimum absolute atomic E-state index is 0.0562. The number of aromatic nitrogens is 4. The van der Waals surface area contributed by atoms with Gasteiger partial charge in [-0.15, -0.1) is 0 Å². The third kappa shape index (κ3) is 3.67. The van der Waals surface area contributed by atoms with Crippen molar-refractivity contribution >= 4 is 27.4 Å². The van der Waals surface area contributed by atoms with Crippen LogP contribution in [0.15, 0.2) is 34.0 Å². The molecule has 3 aromatic rings. The molecule has 0 amide bonds. The molecule has 8 nitrogen and oxygen atoms in total. The zero-order valence-corrected chi connectivity index (χ0v) is 17.4. The van der Waals surface area contributed by atoms with Gasteiger partial charge in [0, 0.05) is 21.8 Å². The average molecular weight is 422 g/mol. The van der Waals surface area contributed by atoms with Crippen molar-refractivity contribution < 1.29 is 8.42 Å². The number of aryl methyl sites for hydroxylation is 2. The van der Waals surface area contributed by atoms with E-state index < -0.39 is 10.0 Å². The van der Waals surface area contributed by atoms with Crippen LogP contribution in [0.5, 0.6) is 0 Å². The van der Waals surface area contributed by atoms with Gasteiger partial charge in [-0.2, -0.15) is 9.78 Å². The first-order valence-corrected chi connectivity index (χ1v) is 10.4. The number of sulfonamides is 1. The Bertz CT molecular complexity index is 1200. The first-order chi connectivity index (χ1) is 13.1.